The molecule has 0 aliphatic heterocycles. The molecule has 0 aliphatic carbocycles. The minimum absolute atomic E-state index is 0.143. The summed E-state index contributed by atoms with van der Waals surface area (Å²) in [5.74, 6) is -1.89. The molecule has 0 saturated heterocycles. The Balaban J connectivity index is 2.15. The van der Waals surface area contributed by atoms with Crippen molar-refractivity contribution in [2.75, 3.05) is 0 Å². The molecule has 3 aromatic rings. The number of hydrogen-bond donors (Lipinski definition) is 0. The summed E-state index contributed by atoms with van der Waals surface area (Å²) in [5.41, 5.74) is 0.886. The smallest absolute Gasteiger partial charge is 0.214 e. The zero-order valence-electron chi connectivity index (χ0n) is 10.6. The van der Waals surface area contributed by atoms with Crippen LogP contribution in [0.15, 0.2) is 49.1 Å². The lowest BCUT2D eigenvalue weighted by Gasteiger charge is -2.06. The SMILES string of the molecule is Fc1cncc(-c2cc(-c3cnccc3F)cc(F)n2)c1. The number of nitrogens with zero attached hydrogens (tertiary/aromatic N) is 3. The number of aromatic nitrogens is 3. The van der Waals surface area contributed by atoms with Gasteiger partial charge in [0.05, 0.1) is 11.9 Å². The van der Waals surface area contributed by atoms with Crippen LogP contribution in [0.2, 0.25) is 0 Å². The van der Waals surface area contributed by atoms with Crippen LogP contribution in [0.5, 0.6) is 0 Å². The lowest BCUT2D eigenvalue weighted by atomic mass is 10.1. The average Bonchev–Trinajstić information content (AvgIpc) is 2.47. The Kier molecular flexibility index (Phi) is 3.35. The Morgan fingerprint density at radius 3 is 2.43 bits per heavy atom. The molecule has 3 heterocycles. The topological polar surface area (TPSA) is 38.7 Å². The molecule has 3 aromatic heterocycles. The Hall–Kier alpha value is -2.76. The lowest BCUT2D eigenvalue weighted by Crippen LogP contribution is -1.93. The number of rotatable bonds is 2. The zero-order valence-corrected chi connectivity index (χ0v) is 10.6. The van der Waals surface area contributed by atoms with Gasteiger partial charge in [-0.25, -0.2) is 13.8 Å². The highest BCUT2D eigenvalue weighted by molar-refractivity contribution is 5.69. The van der Waals surface area contributed by atoms with Crippen molar-refractivity contribution in [1.82, 2.24) is 15.0 Å². The first-order valence-electron chi connectivity index (χ1n) is 6.02. The molecule has 0 N–H and O–H groups in total. The molecule has 3 nitrogen and oxygen atoms in total. The first kappa shape index (κ1) is 13.2. The molecule has 0 amide bonds. The molecule has 21 heavy (non-hydrogen) atoms. The van der Waals surface area contributed by atoms with Crippen molar-refractivity contribution in [3.05, 3.63) is 66.6 Å². The van der Waals surface area contributed by atoms with Crippen molar-refractivity contribution in [2.24, 2.45) is 0 Å². The first-order valence-corrected chi connectivity index (χ1v) is 6.02. The highest BCUT2D eigenvalue weighted by Crippen LogP contribution is 2.26. The summed E-state index contributed by atoms with van der Waals surface area (Å²) in [6.07, 6.45) is 4.98. The molecule has 0 saturated carbocycles. The molecular weight excluding hydrogens is 279 g/mol. The standard InChI is InChI=1S/C15H8F3N3/c16-11-3-10(6-20-7-11)14-4-9(5-15(18)21-14)12-8-19-2-1-13(12)17/h1-8H. The van der Waals surface area contributed by atoms with Gasteiger partial charge in [-0.15, -0.1) is 0 Å². The van der Waals surface area contributed by atoms with Gasteiger partial charge in [0.25, 0.3) is 0 Å². The van der Waals surface area contributed by atoms with E-state index < -0.39 is 17.6 Å². The maximum absolute atomic E-state index is 13.8. The Morgan fingerprint density at radius 2 is 1.67 bits per heavy atom. The third kappa shape index (κ3) is 2.74. The fraction of sp³-hybridized carbons (Fsp3) is 0. The third-order valence-corrected chi connectivity index (χ3v) is 2.87. The Bertz CT molecular complexity index is 806. The second-order valence-electron chi connectivity index (χ2n) is 4.31. The summed E-state index contributed by atoms with van der Waals surface area (Å²) in [6, 6.07) is 4.91. The molecule has 0 fully saturated rings. The van der Waals surface area contributed by atoms with E-state index in [1.165, 1.54) is 36.8 Å². The van der Waals surface area contributed by atoms with Gasteiger partial charge in [0, 0.05) is 35.8 Å². The zero-order chi connectivity index (χ0) is 14.8. The van der Waals surface area contributed by atoms with Crippen molar-refractivity contribution >= 4 is 0 Å². The van der Waals surface area contributed by atoms with Crippen molar-refractivity contribution in [1.29, 1.82) is 0 Å². The molecule has 3 rings (SSSR count). The van der Waals surface area contributed by atoms with Gasteiger partial charge in [0.2, 0.25) is 5.95 Å². The van der Waals surface area contributed by atoms with Gasteiger partial charge in [-0.1, -0.05) is 0 Å². The summed E-state index contributed by atoms with van der Waals surface area (Å²) >= 11 is 0. The van der Waals surface area contributed by atoms with Crippen molar-refractivity contribution < 1.29 is 13.2 Å². The first-order chi connectivity index (χ1) is 10.1. The minimum atomic E-state index is -0.796. The van der Waals surface area contributed by atoms with Gasteiger partial charge in [-0.2, -0.15) is 4.39 Å². The highest BCUT2D eigenvalue weighted by Gasteiger charge is 2.11. The van der Waals surface area contributed by atoms with Crippen LogP contribution < -0.4 is 0 Å². The summed E-state index contributed by atoms with van der Waals surface area (Å²) in [4.78, 5) is 11.2. The molecule has 6 heteroatoms. The van der Waals surface area contributed by atoms with Crippen LogP contribution in [-0.2, 0) is 0 Å². The highest BCUT2D eigenvalue weighted by atomic mass is 19.1. The molecule has 0 atom stereocenters. The maximum Gasteiger partial charge on any atom is 0.214 e. The summed E-state index contributed by atoms with van der Waals surface area (Å²) in [7, 11) is 0. The molecule has 0 aromatic carbocycles. The van der Waals surface area contributed by atoms with Crippen LogP contribution in [0, 0.1) is 17.6 Å². The Labute approximate surface area is 118 Å². The fourth-order valence-electron chi connectivity index (χ4n) is 1.94. The number of halogens is 3. The van der Waals surface area contributed by atoms with Crippen LogP contribution >= 0.6 is 0 Å². The van der Waals surface area contributed by atoms with Gasteiger partial charge < -0.3 is 0 Å². The lowest BCUT2D eigenvalue weighted by molar-refractivity contribution is 0.585. The number of pyridine rings is 3. The van der Waals surface area contributed by atoms with Crippen LogP contribution in [0.3, 0.4) is 0 Å². The maximum atomic E-state index is 13.8. The molecular formula is C15H8F3N3. The summed E-state index contributed by atoms with van der Waals surface area (Å²) < 4.78 is 40.6. The quantitative estimate of drug-likeness (QED) is 0.676. The van der Waals surface area contributed by atoms with E-state index in [-0.39, 0.29) is 16.8 Å². The summed E-state index contributed by atoms with van der Waals surface area (Å²) in [6.45, 7) is 0. The second kappa shape index (κ2) is 5.32. The minimum Gasteiger partial charge on any atom is -0.264 e. The molecule has 104 valence electrons. The second-order valence-corrected chi connectivity index (χ2v) is 4.31. The van der Waals surface area contributed by atoms with Crippen LogP contribution in [0.4, 0.5) is 13.2 Å². The van der Waals surface area contributed by atoms with Crippen molar-refractivity contribution in [2.45, 2.75) is 0 Å². The molecule has 0 unspecified atom stereocenters. The van der Waals surface area contributed by atoms with Gasteiger partial charge in [0.15, 0.2) is 0 Å². The summed E-state index contributed by atoms with van der Waals surface area (Å²) in [5, 5.41) is 0. The molecule has 0 radical (unpaired) electrons. The van der Waals surface area contributed by atoms with E-state index in [4.69, 9.17) is 0 Å². The van der Waals surface area contributed by atoms with E-state index >= 15 is 0 Å². The Morgan fingerprint density at radius 1 is 0.810 bits per heavy atom. The van der Waals surface area contributed by atoms with Crippen molar-refractivity contribution in [3.8, 4) is 22.4 Å². The van der Waals surface area contributed by atoms with E-state index in [0.717, 1.165) is 12.3 Å². The van der Waals surface area contributed by atoms with E-state index in [1.54, 1.807) is 0 Å². The monoisotopic (exact) mass is 287 g/mol. The average molecular weight is 287 g/mol. The predicted octanol–water partition coefficient (Wildman–Crippen LogP) is 3.62. The van der Waals surface area contributed by atoms with Crippen LogP contribution in [-0.4, -0.2) is 15.0 Å². The molecule has 0 spiro atoms. The molecule has 0 bridgehead atoms. The van der Waals surface area contributed by atoms with Crippen LogP contribution in [0.25, 0.3) is 22.4 Å². The van der Waals surface area contributed by atoms with Gasteiger partial charge in [0.1, 0.15) is 11.6 Å². The normalized spacial score (nSPS) is 10.6. The van der Waals surface area contributed by atoms with Gasteiger partial charge >= 0.3 is 0 Å². The van der Waals surface area contributed by atoms with Gasteiger partial charge in [-0.3, -0.25) is 9.97 Å². The fourth-order valence-corrected chi connectivity index (χ4v) is 1.94. The van der Waals surface area contributed by atoms with E-state index in [9.17, 15) is 13.2 Å². The van der Waals surface area contributed by atoms with E-state index in [1.807, 2.05) is 0 Å². The van der Waals surface area contributed by atoms with Crippen molar-refractivity contribution in [3.63, 3.8) is 0 Å². The van der Waals surface area contributed by atoms with Gasteiger partial charge in [-0.05, 0) is 23.8 Å². The number of hydrogen-bond acceptors (Lipinski definition) is 3. The largest absolute Gasteiger partial charge is 0.264 e. The van der Waals surface area contributed by atoms with E-state index in [0.29, 0.717) is 5.56 Å². The molecule has 0 aliphatic rings. The van der Waals surface area contributed by atoms with E-state index in [2.05, 4.69) is 15.0 Å². The third-order valence-electron chi connectivity index (χ3n) is 2.87. The predicted molar refractivity (Wildman–Crippen MR) is 70.6 cm³/mol. The van der Waals surface area contributed by atoms with Crippen LogP contribution in [0.1, 0.15) is 0 Å².